The molecule has 17 heavy (non-hydrogen) atoms. The highest BCUT2D eigenvalue weighted by molar-refractivity contribution is 4.99. The van der Waals surface area contributed by atoms with Gasteiger partial charge in [0.25, 0.3) is 0 Å². The van der Waals surface area contributed by atoms with Crippen LogP contribution in [0.1, 0.15) is 51.8 Å². The van der Waals surface area contributed by atoms with Crippen LogP contribution in [-0.4, -0.2) is 20.3 Å². The molecule has 1 aromatic rings. The summed E-state index contributed by atoms with van der Waals surface area (Å²) in [5.41, 5.74) is -0.168. The Balaban J connectivity index is 2.06. The standard InChI is InChI=1S/C14H24N2O/c1-13(2)5-4-6-14(17,8-7-13)11-12-15-9-10-16(12)3/h9-10,17H,4-8,11H2,1-3H3. The fourth-order valence-electron chi connectivity index (χ4n) is 2.75. The number of nitrogens with zero attached hydrogens (tertiary/aromatic N) is 2. The van der Waals surface area contributed by atoms with Gasteiger partial charge >= 0.3 is 0 Å². The summed E-state index contributed by atoms with van der Waals surface area (Å²) in [5.74, 6) is 0.993. The van der Waals surface area contributed by atoms with Gasteiger partial charge in [0.05, 0.1) is 5.60 Å². The molecule has 2 rings (SSSR count). The molecule has 1 fully saturated rings. The third-order valence-corrected chi connectivity index (χ3v) is 4.17. The molecule has 0 saturated heterocycles. The Morgan fingerprint density at radius 1 is 1.29 bits per heavy atom. The van der Waals surface area contributed by atoms with Gasteiger partial charge in [0.2, 0.25) is 0 Å². The van der Waals surface area contributed by atoms with Gasteiger partial charge in [-0.05, 0) is 31.1 Å². The Kier molecular flexibility index (Phi) is 3.30. The first kappa shape index (κ1) is 12.6. The molecule has 1 atom stereocenters. The molecule has 3 heteroatoms. The van der Waals surface area contributed by atoms with Crippen LogP contribution in [0, 0.1) is 5.41 Å². The first-order valence-electron chi connectivity index (χ1n) is 6.59. The van der Waals surface area contributed by atoms with E-state index >= 15 is 0 Å². The summed E-state index contributed by atoms with van der Waals surface area (Å²) in [5, 5.41) is 10.7. The summed E-state index contributed by atoms with van der Waals surface area (Å²) in [4.78, 5) is 4.33. The van der Waals surface area contributed by atoms with Crippen molar-refractivity contribution >= 4 is 0 Å². The number of rotatable bonds is 2. The molecule has 0 amide bonds. The van der Waals surface area contributed by atoms with Crippen LogP contribution >= 0.6 is 0 Å². The second-order valence-electron chi connectivity index (χ2n) is 6.37. The van der Waals surface area contributed by atoms with E-state index in [1.807, 2.05) is 17.8 Å². The number of hydrogen-bond donors (Lipinski definition) is 1. The molecule has 1 unspecified atom stereocenters. The zero-order valence-corrected chi connectivity index (χ0v) is 11.2. The average Bonchev–Trinajstić information content (AvgIpc) is 2.55. The van der Waals surface area contributed by atoms with Crippen molar-refractivity contribution in [1.82, 2.24) is 9.55 Å². The van der Waals surface area contributed by atoms with Crippen LogP contribution in [-0.2, 0) is 13.5 Å². The summed E-state index contributed by atoms with van der Waals surface area (Å²) in [7, 11) is 1.99. The van der Waals surface area contributed by atoms with E-state index in [4.69, 9.17) is 0 Å². The molecule has 0 bridgehead atoms. The highest BCUT2D eigenvalue weighted by Gasteiger charge is 2.34. The van der Waals surface area contributed by atoms with Crippen molar-refractivity contribution < 1.29 is 5.11 Å². The van der Waals surface area contributed by atoms with Crippen LogP contribution in [0.3, 0.4) is 0 Å². The van der Waals surface area contributed by atoms with Crippen molar-refractivity contribution in [2.24, 2.45) is 12.5 Å². The lowest BCUT2D eigenvalue weighted by Crippen LogP contribution is -2.32. The molecule has 0 aromatic carbocycles. The van der Waals surface area contributed by atoms with E-state index < -0.39 is 5.60 Å². The molecular weight excluding hydrogens is 212 g/mol. The topological polar surface area (TPSA) is 38.0 Å². The third kappa shape index (κ3) is 3.09. The zero-order chi connectivity index (χ0) is 12.5. The number of hydrogen-bond acceptors (Lipinski definition) is 2. The molecule has 96 valence electrons. The molecule has 1 aliphatic carbocycles. The van der Waals surface area contributed by atoms with Gasteiger partial charge in [0.15, 0.2) is 0 Å². The minimum absolute atomic E-state index is 0.381. The van der Waals surface area contributed by atoms with E-state index in [0.29, 0.717) is 11.8 Å². The summed E-state index contributed by atoms with van der Waals surface area (Å²) in [6.07, 6.45) is 9.68. The van der Waals surface area contributed by atoms with E-state index in [1.165, 1.54) is 6.42 Å². The number of imidazole rings is 1. The summed E-state index contributed by atoms with van der Waals surface area (Å²) in [6.45, 7) is 4.61. The van der Waals surface area contributed by atoms with E-state index in [-0.39, 0.29) is 0 Å². The maximum Gasteiger partial charge on any atom is 0.111 e. The number of aliphatic hydroxyl groups is 1. The van der Waals surface area contributed by atoms with E-state index in [0.717, 1.165) is 31.5 Å². The second-order valence-corrected chi connectivity index (χ2v) is 6.37. The molecule has 0 spiro atoms. The minimum Gasteiger partial charge on any atom is -0.389 e. The van der Waals surface area contributed by atoms with Crippen LogP contribution in [0.4, 0.5) is 0 Å². The average molecular weight is 236 g/mol. The van der Waals surface area contributed by atoms with E-state index in [9.17, 15) is 5.11 Å². The van der Waals surface area contributed by atoms with E-state index in [1.54, 1.807) is 6.20 Å². The second kappa shape index (κ2) is 4.45. The minimum atomic E-state index is -0.549. The fraction of sp³-hybridized carbons (Fsp3) is 0.786. The fourth-order valence-corrected chi connectivity index (χ4v) is 2.75. The van der Waals surface area contributed by atoms with Gasteiger partial charge in [-0.3, -0.25) is 0 Å². The van der Waals surface area contributed by atoms with Crippen LogP contribution < -0.4 is 0 Å². The number of aromatic nitrogens is 2. The largest absolute Gasteiger partial charge is 0.389 e. The normalized spacial score (nSPS) is 28.9. The molecule has 1 N–H and O–H groups in total. The Morgan fingerprint density at radius 3 is 2.71 bits per heavy atom. The van der Waals surface area contributed by atoms with Crippen molar-refractivity contribution in [3.63, 3.8) is 0 Å². The van der Waals surface area contributed by atoms with Crippen molar-refractivity contribution in [2.75, 3.05) is 0 Å². The summed E-state index contributed by atoms with van der Waals surface area (Å²) in [6, 6.07) is 0. The van der Waals surface area contributed by atoms with Crippen LogP contribution in [0.25, 0.3) is 0 Å². The van der Waals surface area contributed by atoms with Crippen LogP contribution in [0.5, 0.6) is 0 Å². The highest BCUT2D eigenvalue weighted by Crippen LogP contribution is 2.39. The van der Waals surface area contributed by atoms with Gasteiger partial charge in [-0.2, -0.15) is 0 Å². The molecule has 0 radical (unpaired) electrons. The van der Waals surface area contributed by atoms with Crippen molar-refractivity contribution in [2.45, 2.75) is 58.0 Å². The molecule has 0 aliphatic heterocycles. The molecule has 1 heterocycles. The van der Waals surface area contributed by atoms with Crippen LogP contribution in [0.2, 0.25) is 0 Å². The molecular formula is C14H24N2O. The first-order valence-corrected chi connectivity index (χ1v) is 6.59. The van der Waals surface area contributed by atoms with Crippen molar-refractivity contribution in [3.8, 4) is 0 Å². The van der Waals surface area contributed by atoms with Crippen molar-refractivity contribution in [3.05, 3.63) is 18.2 Å². The Morgan fingerprint density at radius 2 is 2.06 bits per heavy atom. The monoisotopic (exact) mass is 236 g/mol. The molecule has 3 nitrogen and oxygen atoms in total. The maximum atomic E-state index is 10.7. The molecule has 1 aromatic heterocycles. The smallest absolute Gasteiger partial charge is 0.111 e. The van der Waals surface area contributed by atoms with Gasteiger partial charge in [-0.25, -0.2) is 4.98 Å². The number of aryl methyl sites for hydroxylation is 1. The maximum absolute atomic E-state index is 10.7. The van der Waals surface area contributed by atoms with Gasteiger partial charge in [0, 0.05) is 25.9 Å². The van der Waals surface area contributed by atoms with Gasteiger partial charge in [-0.1, -0.05) is 20.3 Å². The van der Waals surface area contributed by atoms with Crippen LogP contribution in [0.15, 0.2) is 12.4 Å². The lowest BCUT2D eigenvalue weighted by Gasteiger charge is -2.27. The SMILES string of the molecule is Cn1ccnc1CC1(O)CCCC(C)(C)CC1. The third-order valence-electron chi connectivity index (χ3n) is 4.17. The van der Waals surface area contributed by atoms with Gasteiger partial charge in [-0.15, -0.1) is 0 Å². The Hall–Kier alpha value is -0.830. The summed E-state index contributed by atoms with van der Waals surface area (Å²) >= 11 is 0. The van der Waals surface area contributed by atoms with Gasteiger partial charge < -0.3 is 9.67 Å². The zero-order valence-electron chi connectivity index (χ0n) is 11.2. The molecule has 1 aliphatic rings. The predicted molar refractivity (Wildman–Crippen MR) is 68.7 cm³/mol. The van der Waals surface area contributed by atoms with Gasteiger partial charge in [0.1, 0.15) is 5.82 Å². The Bertz CT molecular complexity index is 383. The predicted octanol–water partition coefficient (Wildman–Crippen LogP) is 2.68. The molecule has 1 saturated carbocycles. The lowest BCUT2D eigenvalue weighted by molar-refractivity contribution is 0.0202. The lowest BCUT2D eigenvalue weighted by atomic mass is 9.83. The van der Waals surface area contributed by atoms with E-state index in [2.05, 4.69) is 18.8 Å². The highest BCUT2D eigenvalue weighted by atomic mass is 16.3. The first-order chi connectivity index (χ1) is 7.90. The quantitative estimate of drug-likeness (QED) is 0.802. The van der Waals surface area contributed by atoms with Crippen molar-refractivity contribution in [1.29, 1.82) is 0 Å². The Labute approximate surface area is 104 Å². The summed E-state index contributed by atoms with van der Waals surface area (Å²) < 4.78 is 2.01.